The van der Waals surface area contributed by atoms with Gasteiger partial charge in [-0.25, -0.2) is 4.39 Å². The highest BCUT2D eigenvalue weighted by atomic mass is 19.1. The van der Waals surface area contributed by atoms with Gasteiger partial charge in [0.1, 0.15) is 11.4 Å². The van der Waals surface area contributed by atoms with Crippen LogP contribution in [0, 0.1) is 11.7 Å². The largest absolute Gasteiger partial charge is 0.451 e. The quantitative estimate of drug-likeness (QED) is 0.722. The van der Waals surface area contributed by atoms with Gasteiger partial charge in [0.15, 0.2) is 11.2 Å². The molecule has 0 spiro atoms. The summed E-state index contributed by atoms with van der Waals surface area (Å²) in [5.41, 5.74) is 0.924. The van der Waals surface area contributed by atoms with E-state index in [1.807, 2.05) is 0 Å². The Bertz CT molecular complexity index is 1120. The van der Waals surface area contributed by atoms with E-state index in [9.17, 15) is 18.8 Å². The molecule has 4 rings (SSSR count). The zero-order chi connectivity index (χ0) is 20.4. The summed E-state index contributed by atoms with van der Waals surface area (Å²) in [5.74, 6) is -0.911. The lowest BCUT2D eigenvalue weighted by molar-refractivity contribution is -0.128. The van der Waals surface area contributed by atoms with E-state index in [2.05, 4.69) is 5.32 Å². The fraction of sp³-hybridized carbons (Fsp3) is 0.227. The van der Waals surface area contributed by atoms with Crippen molar-refractivity contribution in [1.29, 1.82) is 0 Å². The van der Waals surface area contributed by atoms with E-state index in [1.165, 1.54) is 18.2 Å². The van der Waals surface area contributed by atoms with Crippen LogP contribution in [0.25, 0.3) is 11.0 Å². The van der Waals surface area contributed by atoms with Gasteiger partial charge in [0.05, 0.1) is 5.39 Å². The molecule has 1 fully saturated rings. The third-order valence-electron chi connectivity index (χ3n) is 4.99. The third kappa shape index (κ3) is 4.18. The van der Waals surface area contributed by atoms with E-state index < -0.39 is 5.91 Å². The van der Waals surface area contributed by atoms with E-state index in [0.717, 1.165) is 5.56 Å². The van der Waals surface area contributed by atoms with Crippen molar-refractivity contribution in [2.75, 3.05) is 13.1 Å². The van der Waals surface area contributed by atoms with E-state index >= 15 is 0 Å². The highest BCUT2D eigenvalue weighted by Crippen LogP contribution is 2.20. The maximum absolute atomic E-state index is 13.0. The number of benzene rings is 2. The normalized spacial score (nSPS) is 16.4. The van der Waals surface area contributed by atoms with Gasteiger partial charge in [0.2, 0.25) is 5.91 Å². The lowest BCUT2D eigenvalue weighted by Gasteiger charge is -2.17. The number of carbonyl (C=O) groups is 2. The predicted molar refractivity (Wildman–Crippen MR) is 105 cm³/mol. The van der Waals surface area contributed by atoms with Crippen LogP contribution < -0.4 is 10.7 Å². The summed E-state index contributed by atoms with van der Waals surface area (Å²) in [4.78, 5) is 38.5. The van der Waals surface area contributed by atoms with Crippen molar-refractivity contribution in [2.24, 2.45) is 5.92 Å². The second-order valence-corrected chi connectivity index (χ2v) is 7.15. The molecule has 3 aromatic rings. The van der Waals surface area contributed by atoms with E-state index in [1.54, 1.807) is 41.3 Å². The highest BCUT2D eigenvalue weighted by molar-refractivity contribution is 5.93. The minimum absolute atomic E-state index is 0.00851. The molecule has 7 heteroatoms. The number of hydrogen-bond donors (Lipinski definition) is 1. The molecular formula is C22H19FN2O4. The number of fused-ring (bicyclic) bond motifs is 1. The van der Waals surface area contributed by atoms with Crippen molar-refractivity contribution in [3.63, 3.8) is 0 Å². The summed E-state index contributed by atoms with van der Waals surface area (Å²) >= 11 is 0. The number of para-hydroxylation sites is 1. The molecule has 148 valence electrons. The van der Waals surface area contributed by atoms with Gasteiger partial charge in [-0.2, -0.15) is 0 Å². The van der Waals surface area contributed by atoms with Gasteiger partial charge in [-0.3, -0.25) is 14.4 Å². The summed E-state index contributed by atoms with van der Waals surface area (Å²) < 4.78 is 18.5. The fourth-order valence-corrected chi connectivity index (χ4v) is 3.49. The maximum atomic E-state index is 13.0. The van der Waals surface area contributed by atoms with Crippen LogP contribution >= 0.6 is 0 Å². The monoisotopic (exact) mass is 394 g/mol. The molecule has 0 bridgehead atoms. The molecule has 2 aromatic carbocycles. The number of amides is 2. The number of hydrogen-bond acceptors (Lipinski definition) is 4. The Kier molecular flexibility index (Phi) is 5.12. The average molecular weight is 394 g/mol. The Balaban J connectivity index is 1.37. The van der Waals surface area contributed by atoms with Crippen LogP contribution in [0.15, 0.2) is 63.8 Å². The third-order valence-corrected chi connectivity index (χ3v) is 4.99. The van der Waals surface area contributed by atoms with Crippen molar-refractivity contribution >= 4 is 22.8 Å². The van der Waals surface area contributed by atoms with E-state index in [4.69, 9.17) is 4.42 Å². The molecule has 1 atom stereocenters. The molecule has 1 N–H and O–H groups in total. The molecule has 1 aliphatic rings. The minimum atomic E-state index is -0.489. The minimum Gasteiger partial charge on any atom is -0.451 e. The molecule has 0 saturated carbocycles. The first-order valence-electron chi connectivity index (χ1n) is 9.33. The number of rotatable bonds is 5. The summed E-state index contributed by atoms with van der Waals surface area (Å²) in [5, 5.41) is 3.16. The first kappa shape index (κ1) is 18.9. The number of halogens is 1. The molecule has 6 nitrogen and oxygen atoms in total. The van der Waals surface area contributed by atoms with E-state index in [-0.39, 0.29) is 28.8 Å². The molecular weight excluding hydrogens is 375 g/mol. The van der Waals surface area contributed by atoms with Crippen molar-refractivity contribution < 1.29 is 18.4 Å². The molecule has 2 amide bonds. The van der Waals surface area contributed by atoms with Gasteiger partial charge in [0.25, 0.3) is 5.91 Å². The van der Waals surface area contributed by atoms with Crippen molar-refractivity contribution in [3.8, 4) is 0 Å². The number of likely N-dealkylation sites (tertiary alicyclic amines) is 1. The van der Waals surface area contributed by atoms with Crippen LogP contribution in [0.1, 0.15) is 22.5 Å². The summed E-state index contributed by atoms with van der Waals surface area (Å²) in [6.45, 7) is 1.20. The van der Waals surface area contributed by atoms with E-state index in [0.29, 0.717) is 37.0 Å². The second kappa shape index (κ2) is 7.87. The molecule has 1 unspecified atom stereocenters. The van der Waals surface area contributed by atoms with Crippen LogP contribution in [0.5, 0.6) is 0 Å². The summed E-state index contributed by atoms with van der Waals surface area (Å²) in [7, 11) is 0. The topological polar surface area (TPSA) is 79.6 Å². The zero-order valence-corrected chi connectivity index (χ0v) is 15.6. The number of carbonyl (C=O) groups excluding carboxylic acids is 2. The van der Waals surface area contributed by atoms with Crippen molar-refractivity contribution in [1.82, 2.24) is 10.2 Å². The Morgan fingerprint density at radius 2 is 1.90 bits per heavy atom. The molecule has 1 saturated heterocycles. The first-order valence-corrected chi connectivity index (χ1v) is 9.33. The Morgan fingerprint density at radius 1 is 1.14 bits per heavy atom. The lowest BCUT2D eigenvalue weighted by atomic mass is 10.1. The first-order chi connectivity index (χ1) is 14.0. The van der Waals surface area contributed by atoms with Gasteiger partial charge in [-0.05, 0) is 29.8 Å². The molecule has 1 aromatic heterocycles. The predicted octanol–water partition coefficient (Wildman–Crippen LogP) is 2.71. The van der Waals surface area contributed by atoms with Crippen LogP contribution in [0.2, 0.25) is 0 Å². The lowest BCUT2D eigenvalue weighted by Crippen LogP contribution is -2.31. The summed E-state index contributed by atoms with van der Waals surface area (Å²) in [6, 6.07) is 14.0. The molecule has 2 heterocycles. The maximum Gasteiger partial charge on any atom is 0.287 e. The zero-order valence-electron chi connectivity index (χ0n) is 15.6. The Hall–Kier alpha value is -3.48. The average Bonchev–Trinajstić information content (AvgIpc) is 3.07. The van der Waals surface area contributed by atoms with Crippen LogP contribution in [0.4, 0.5) is 4.39 Å². The van der Waals surface area contributed by atoms with Gasteiger partial charge < -0.3 is 14.6 Å². The molecule has 0 radical (unpaired) electrons. The second-order valence-electron chi connectivity index (χ2n) is 7.15. The molecule has 1 aliphatic heterocycles. The highest BCUT2D eigenvalue weighted by Gasteiger charge is 2.30. The SMILES string of the molecule is O=C(NCC1CC(=O)N(Cc2ccc(F)cc2)C1)c1cc(=O)c2ccccc2o1. The molecule has 29 heavy (non-hydrogen) atoms. The Labute approximate surface area is 165 Å². The standard InChI is InChI=1S/C22H19FN2O4/c23-16-7-5-14(6-8-16)12-25-13-15(9-21(25)27)11-24-22(28)20-10-18(26)17-3-1-2-4-19(17)29-20/h1-8,10,15H,9,11-13H2,(H,24,28). The van der Waals surface area contributed by atoms with Crippen LogP contribution in [-0.2, 0) is 11.3 Å². The number of nitrogens with one attached hydrogen (secondary N) is 1. The van der Waals surface area contributed by atoms with Gasteiger partial charge in [0, 0.05) is 38.0 Å². The van der Waals surface area contributed by atoms with Crippen LogP contribution in [-0.4, -0.2) is 29.8 Å². The number of nitrogens with zero attached hydrogens (tertiary/aromatic N) is 1. The van der Waals surface area contributed by atoms with Gasteiger partial charge in [-0.15, -0.1) is 0 Å². The Morgan fingerprint density at radius 3 is 2.69 bits per heavy atom. The van der Waals surface area contributed by atoms with Crippen molar-refractivity contribution in [2.45, 2.75) is 13.0 Å². The summed E-state index contributed by atoms with van der Waals surface area (Å²) in [6.07, 6.45) is 0.323. The van der Waals surface area contributed by atoms with Gasteiger partial charge in [-0.1, -0.05) is 24.3 Å². The van der Waals surface area contributed by atoms with Gasteiger partial charge >= 0.3 is 0 Å². The van der Waals surface area contributed by atoms with Crippen LogP contribution in [0.3, 0.4) is 0 Å². The molecule has 0 aliphatic carbocycles. The fourth-order valence-electron chi connectivity index (χ4n) is 3.49. The van der Waals surface area contributed by atoms with Crippen molar-refractivity contribution in [3.05, 3.63) is 82.0 Å². The smallest absolute Gasteiger partial charge is 0.287 e.